The number of benzene rings is 1. The number of aryl methyl sites for hydroxylation is 2. The monoisotopic (exact) mass is 297 g/mol. The number of hydrogen-bond acceptors (Lipinski definition) is 2. The average molecular weight is 297 g/mol. The quantitative estimate of drug-likeness (QED) is 0.895. The number of carbonyl (C=O) groups is 1. The van der Waals surface area contributed by atoms with Gasteiger partial charge in [0.25, 0.3) is 5.91 Å². The molecule has 0 spiro atoms. The van der Waals surface area contributed by atoms with Crippen LogP contribution in [0.1, 0.15) is 27.2 Å². The predicted octanol–water partition coefficient (Wildman–Crippen LogP) is 3.07. The van der Waals surface area contributed by atoms with Crippen LogP contribution >= 0.6 is 0 Å². The van der Waals surface area contributed by atoms with Gasteiger partial charge in [-0.2, -0.15) is 18.3 Å². The van der Waals surface area contributed by atoms with E-state index >= 15 is 0 Å². The van der Waals surface area contributed by atoms with Gasteiger partial charge >= 0.3 is 6.18 Å². The van der Waals surface area contributed by atoms with E-state index in [1.54, 1.807) is 6.92 Å². The molecule has 0 unspecified atom stereocenters. The van der Waals surface area contributed by atoms with Crippen molar-refractivity contribution in [1.29, 1.82) is 0 Å². The molecule has 0 radical (unpaired) electrons. The van der Waals surface area contributed by atoms with Crippen molar-refractivity contribution in [3.63, 3.8) is 0 Å². The van der Waals surface area contributed by atoms with Gasteiger partial charge in [-0.3, -0.25) is 9.89 Å². The normalized spacial score (nSPS) is 11.5. The number of aromatic amines is 1. The van der Waals surface area contributed by atoms with Crippen molar-refractivity contribution in [2.45, 2.75) is 20.0 Å². The van der Waals surface area contributed by atoms with Gasteiger partial charge in [-0.15, -0.1) is 0 Å². The number of carbonyl (C=O) groups excluding carboxylic acids is 1. The molecule has 21 heavy (non-hydrogen) atoms. The number of aromatic nitrogens is 2. The Morgan fingerprint density at radius 3 is 2.48 bits per heavy atom. The van der Waals surface area contributed by atoms with Crippen LogP contribution in [0.15, 0.2) is 18.2 Å². The van der Waals surface area contributed by atoms with Crippen LogP contribution in [0.25, 0.3) is 11.3 Å². The maximum atomic E-state index is 13.1. The fourth-order valence-electron chi connectivity index (χ4n) is 2.19. The van der Waals surface area contributed by atoms with Crippen LogP contribution in [0.2, 0.25) is 0 Å². The van der Waals surface area contributed by atoms with Crippen molar-refractivity contribution < 1.29 is 18.0 Å². The molecule has 0 atom stereocenters. The highest BCUT2D eigenvalue weighted by molar-refractivity contribution is 5.96. The molecule has 0 aliphatic heterocycles. The molecule has 2 rings (SSSR count). The van der Waals surface area contributed by atoms with Crippen LogP contribution in [0, 0.1) is 13.8 Å². The van der Waals surface area contributed by atoms with Crippen LogP contribution in [0.3, 0.4) is 0 Å². The summed E-state index contributed by atoms with van der Waals surface area (Å²) in [5.41, 5.74) is 0.339. The summed E-state index contributed by atoms with van der Waals surface area (Å²) in [5.74, 6) is -0.284. The number of nitrogens with zero attached hydrogens (tertiary/aromatic N) is 1. The first-order valence-corrected chi connectivity index (χ1v) is 6.21. The first kappa shape index (κ1) is 15.1. The first-order chi connectivity index (χ1) is 9.75. The van der Waals surface area contributed by atoms with Crippen molar-refractivity contribution in [2.75, 3.05) is 7.05 Å². The Labute approximate surface area is 119 Å². The van der Waals surface area contributed by atoms with E-state index in [4.69, 9.17) is 0 Å². The van der Waals surface area contributed by atoms with E-state index in [9.17, 15) is 18.0 Å². The lowest BCUT2D eigenvalue weighted by Crippen LogP contribution is -2.18. The number of nitrogens with one attached hydrogen (secondary N) is 2. The number of rotatable bonds is 2. The summed E-state index contributed by atoms with van der Waals surface area (Å²) in [5, 5.41) is 8.58. The molecule has 1 heterocycles. The number of amides is 1. The second-order valence-corrected chi connectivity index (χ2v) is 4.68. The van der Waals surface area contributed by atoms with E-state index in [2.05, 4.69) is 15.5 Å². The van der Waals surface area contributed by atoms with Gasteiger partial charge < -0.3 is 5.32 Å². The van der Waals surface area contributed by atoms with Gasteiger partial charge in [0.05, 0.1) is 0 Å². The molecule has 1 aromatic heterocycles. The standard InChI is InChI=1S/C14H14F3N3O/c1-7-6-9(4-5-10(7)13(21)18-3)12-11(14(15,16)17)8(2)19-20-12/h4-6H,1-3H3,(H,18,21)(H,19,20). The van der Waals surface area contributed by atoms with E-state index in [0.29, 0.717) is 16.7 Å². The first-order valence-electron chi connectivity index (χ1n) is 6.21. The Morgan fingerprint density at radius 2 is 1.95 bits per heavy atom. The topological polar surface area (TPSA) is 57.8 Å². The summed E-state index contributed by atoms with van der Waals surface area (Å²) >= 11 is 0. The highest BCUT2D eigenvalue weighted by Gasteiger charge is 2.37. The van der Waals surface area contributed by atoms with E-state index in [1.807, 2.05) is 0 Å². The molecule has 0 bridgehead atoms. The second-order valence-electron chi connectivity index (χ2n) is 4.68. The van der Waals surface area contributed by atoms with Gasteiger partial charge in [0.1, 0.15) is 11.3 Å². The molecule has 112 valence electrons. The van der Waals surface area contributed by atoms with Crippen molar-refractivity contribution in [3.8, 4) is 11.3 Å². The Balaban J connectivity index is 2.55. The van der Waals surface area contributed by atoms with Gasteiger partial charge in [0.2, 0.25) is 0 Å². The molecule has 7 heteroatoms. The second kappa shape index (κ2) is 5.23. The smallest absolute Gasteiger partial charge is 0.355 e. The zero-order chi connectivity index (χ0) is 15.8. The molecule has 2 aromatic rings. The minimum Gasteiger partial charge on any atom is -0.355 e. The maximum absolute atomic E-state index is 13.1. The zero-order valence-electron chi connectivity index (χ0n) is 11.7. The van der Waals surface area contributed by atoms with Gasteiger partial charge in [-0.05, 0) is 31.5 Å². The number of halogens is 3. The molecule has 0 aliphatic carbocycles. The highest BCUT2D eigenvalue weighted by Crippen LogP contribution is 2.38. The minimum absolute atomic E-state index is 0.0365. The van der Waals surface area contributed by atoms with Crippen LogP contribution < -0.4 is 5.32 Å². The highest BCUT2D eigenvalue weighted by atomic mass is 19.4. The van der Waals surface area contributed by atoms with E-state index < -0.39 is 11.7 Å². The minimum atomic E-state index is -4.49. The summed E-state index contributed by atoms with van der Waals surface area (Å²) in [4.78, 5) is 11.6. The summed E-state index contributed by atoms with van der Waals surface area (Å²) in [6.07, 6.45) is -4.49. The Morgan fingerprint density at radius 1 is 1.29 bits per heavy atom. The van der Waals surface area contributed by atoms with Crippen molar-refractivity contribution in [3.05, 3.63) is 40.6 Å². The predicted molar refractivity (Wildman–Crippen MR) is 71.9 cm³/mol. The number of H-pyrrole nitrogens is 1. The summed E-state index contributed by atoms with van der Waals surface area (Å²) in [7, 11) is 1.49. The largest absolute Gasteiger partial charge is 0.420 e. The third kappa shape index (κ3) is 2.76. The molecule has 0 fully saturated rings. The van der Waals surface area contributed by atoms with Crippen LogP contribution in [-0.4, -0.2) is 23.2 Å². The molecule has 2 N–H and O–H groups in total. The van der Waals surface area contributed by atoms with Crippen LogP contribution in [0.4, 0.5) is 13.2 Å². The Bertz CT molecular complexity index is 689. The third-order valence-corrected chi connectivity index (χ3v) is 3.20. The lowest BCUT2D eigenvalue weighted by molar-refractivity contribution is -0.137. The molecule has 0 saturated heterocycles. The van der Waals surface area contributed by atoms with Gasteiger partial charge in [-0.25, -0.2) is 0 Å². The SMILES string of the molecule is CNC(=O)c1ccc(-c2n[nH]c(C)c2C(F)(F)F)cc1C. The van der Waals surface area contributed by atoms with Gasteiger partial charge in [0.15, 0.2) is 0 Å². The molecule has 1 aromatic carbocycles. The van der Waals surface area contributed by atoms with Crippen LogP contribution in [-0.2, 0) is 6.18 Å². The van der Waals surface area contributed by atoms with Gasteiger partial charge in [-0.1, -0.05) is 6.07 Å². The summed E-state index contributed by atoms with van der Waals surface area (Å²) in [6.45, 7) is 2.99. The number of alkyl halides is 3. The van der Waals surface area contributed by atoms with E-state index in [1.165, 1.54) is 32.2 Å². The van der Waals surface area contributed by atoms with Crippen LogP contribution in [0.5, 0.6) is 0 Å². The fourth-order valence-corrected chi connectivity index (χ4v) is 2.19. The average Bonchev–Trinajstić information content (AvgIpc) is 2.79. The van der Waals surface area contributed by atoms with Crippen molar-refractivity contribution in [1.82, 2.24) is 15.5 Å². The molecule has 1 amide bonds. The van der Waals surface area contributed by atoms with Crippen molar-refractivity contribution >= 4 is 5.91 Å². The molecular formula is C14H14F3N3O. The molecule has 0 aliphatic rings. The lowest BCUT2D eigenvalue weighted by atomic mass is 10.00. The summed E-state index contributed by atoms with van der Waals surface area (Å²) < 4.78 is 39.2. The summed E-state index contributed by atoms with van der Waals surface area (Å²) in [6, 6.07) is 4.48. The van der Waals surface area contributed by atoms with Gasteiger partial charge in [0, 0.05) is 23.9 Å². The van der Waals surface area contributed by atoms with E-state index in [-0.39, 0.29) is 17.3 Å². The Kier molecular flexibility index (Phi) is 3.76. The fraction of sp³-hybridized carbons (Fsp3) is 0.286. The molecular weight excluding hydrogens is 283 g/mol. The lowest BCUT2D eigenvalue weighted by Gasteiger charge is -2.10. The molecule has 4 nitrogen and oxygen atoms in total. The molecule has 0 saturated carbocycles. The number of hydrogen-bond donors (Lipinski definition) is 2. The Hall–Kier alpha value is -2.31. The maximum Gasteiger partial charge on any atom is 0.420 e. The van der Waals surface area contributed by atoms with Crippen molar-refractivity contribution in [2.24, 2.45) is 0 Å². The van der Waals surface area contributed by atoms with E-state index in [0.717, 1.165) is 0 Å². The zero-order valence-corrected chi connectivity index (χ0v) is 11.7. The third-order valence-electron chi connectivity index (χ3n) is 3.20.